The quantitative estimate of drug-likeness (QED) is 0.901. The van der Waals surface area contributed by atoms with Crippen LogP contribution in [0.2, 0.25) is 0 Å². The van der Waals surface area contributed by atoms with E-state index >= 15 is 0 Å². The first kappa shape index (κ1) is 13.6. The molecule has 0 amide bonds. The molecule has 2 N–H and O–H groups in total. The summed E-state index contributed by atoms with van der Waals surface area (Å²) in [6.07, 6.45) is 0.230. The van der Waals surface area contributed by atoms with E-state index in [1.807, 2.05) is 18.2 Å². The lowest BCUT2D eigenvalue weighted by Gasteiger charge is -2.30. The normalized spacial score (nSPS) is 24.7. The average molecular weight is 271 g/mol. The molecule has 1 heterocycles. The Morgan fingerprint density at radius 3 is 2.80 bits per heavy atom. The van der Waals surface area contributed by atoms with Crippen molar-refractivity contribution in [2.75, 3.05) is 13.2 Å². The largest absolute Gasteiger partial charge is 0.388 e. The number of hydrogen-bond acceptors (Lipinski definition) is 3. The van der Waals surface area contributed by atoms with E-state index in [-0.39, 0.29) is 6.04 Å². The number of benzene rings is 2. The third-order valence-electron chi connectivity index (χ3n) is 3.87. The third-order valence-corrected chi connectivity index (χ3v) is 3.87. The van der Waals surface area contributed by atoms with Gasteiger partial charge in [-0.3, -0.25) is 0 Å². The number of hydrogen-bond donors (Lipinski definition) is 2. The molecule has 1 aliphatic heterocycles. The summed E-state index contributed by atoms with van der Waals surface area (Å²) in [5.74, 6) is 0. The minimum Gasteiger partial charge on any atom is -0.388 e. The first-order chi connectivity index (χ1) is 9.72. The highest BCUT2D eigenvalue weighted by molar-refractivity contribution is 5.83. The number of ether oxygens (including phenoxy) is 1. The van der Waals surface area contributed by atoms with E-state index in [9.17, 15) is 5.11 Å². The molecule has 3 atom stereocenters. The highest BCUT2D eigenvalue weighted by atomic mass is 16.5. The topological polar surface area (TPSA) is 41.5 Å². The molecule has 2 aromatic rings. The molecule has 1 fully saturated rings. The zero-order chi connectivity index (χ0) is 13.9. The zero-order valence-corrected chi connectivity index (χ0v) is 11.8. The molecule has 1 aliphatic rings. The summed E-state index contributed by atoms with van der Waals surface area (Å²) in [5, 5.41) is 16.3. The Morgan fingerprint density at radius 1 is 1.20 bits per heavy atom. The van der Waals surface area contributed by atoms with Gasteiger partial charge in [-0.1, -0.05) is 36.4 Å². The number of aliphatic hydroxyl groups excluding tert-OH is 1. The minimum atomic E-state index is -0.453. The van der Waals surface area contributed by atoms with Crippen LogP contribution >= 0.6 is 0 Å². The van der Waals surface area contributed by atoms with E-state index in [1.165, 1.54) is 10.8 Å². The zero-order valence-electron chi connectivity index (χ0n) is 11.8. The van der Waals surface area contributed by atoms with Gasteiger partial charge in [0.1, 0.15) is 0 Å². The van der Waals surface area contributed by atoms with Gasteiger partial charge in [0.25, 0.3) is 0 Å². The Balaban J connectivity index is 1.73. The van der Waals surface area contributed by atoms with E-state index in [0.717, 1.165) is 12.2 Å². The van der Waals surface area contributed by atoms with Crippen molar-refractivity contribution in [1.29, 1.82) is 0 Å². The number of fused-ring (bicyclic) bond motifs is 1. The van der Waals surface area contributed by atoms with E-state index in [2.05, 4.69) is 36.5 Å². The summed E-state index contributed by atoms with van der Waals surface area (Å²) in [6, 6.07) is 15.0. The Bertz CT molecular complexity index is 584. The van der Waals surface area contributed by atoms with Crippen LogP contribution in [0.5, 0.6) is 0 Å². The van der Waals surface area contributed by atoms with Gasteiger partial charge in [-0.15, -0.1) is 0 Å². The fourth-order valence-corrected chi connectivity index (χ4v) is 2.84. The second-order valence-electron chi connectivity index (χ2n) is 5.66. The van der Waals surface area contributed by atoms with Crippen LogP contribution in [0.1, 0.15) is 25.0 Å². The summed E-state index contributed by atoms with van der Waals surface area (Å²) < 4.78 is 5.53. The molecular formula is C17H21NO2. The lowest BCUT2D eigenvalue weighted by Crippen LogP contribution is -2.47. The maximum atomic E-state index is 10.4. The monoisotopic (exact) mass is 271 g/mol. The van der Waals surface area contributed by atoms with Crippen molar-refractivity contribution in [2.24, 2.45) is 0 Å². The van der Waals surface area contributed by atoms with Crippen molar-refractivity contribution in [1.82, 2.24) is 5.32 Å². The van der Waals surface area contributed by atoms with Crippen LogP contribution < -0.4 is 5.32 Å². The molecule has 106 valence electrons. The Kier molecular flexibility index (Phi) is 4.01. The van der Waals surface area contributed by atoms with Crippen molar-refractivity contribution < 1.29 is 9.84 Å². The van der Waals surface area contributed by atoms with Gasteiger partial charge in [0, 0.05) is 12.1 Å². The van der Waals surface area contributed by atoms with Gasteiger partial charge in [0.05, 0.1) is 19.3 Å². The summed E-state index contributed by atoms with van der Waals surface area (Å²) >= 11 is 0. The second kappa shape index (κ2) is 5.92. The Labute approximate surface area is 119 Å². The van der Waals surface area contributed by atoms with Gasteiger partial charge in [0.15, 0.2) is 0 Å². The molecule has 3 rings (SSSR count). The predicted molar refractivity (Wildman–Crippen MR) is 80.7 cm³/mol. The van der Waals surface area contributed by atoms with E-state index in [4.69, 9.17) is 4.74 Å². The van der Waals surface area contributed by atoms with Crippen LogP contribution in [0, 0.1) is 0 Å². The van der Waals surface area contributed by atoms with E-state index in [1.54, 1.807) is 0 Å². The Morgan fingerprint density at radius 2 is 2.00 bits per heavy atom. The van der Waals surface area contributed by atoms with Gasteiger partial charge >= 0.3 is 0 Å². The maximum absolute atomic E-state index is 10.4. The second-order valence-corrected chi connectivity index (χ2v) is 5.66. The SMILES string of the molecule is CC1COCC(CC(O)c2ccc3ccccc3c2)N1. The van der Waals surface area contributed by atoms with Crippen molar-refractivity contribution in [3.63, 3.8) is 0 Å². The van der Waals surface area contributed by atoms with Gasteiger partial charge in [0.2, 0.25) is 0 Å². The van der Waals surface area contributed by atoms with Crippen LogP contribution in [0.25, 0.3) is 10.8 Å². The molecule has 3 unspecified atom stereocenters. The van der Waals surface area contributed by atoms with Crippen LogP contribution in [-0.2, 0) is 4.74 Å². The maximum Gasteiger partial charge on any atom is 0.0806 e. The van der Waals surface area contributed by atoms with Gasteiger partial charge < -0.3 is 15.2 Å². The highest BCUT2D eigenvalue weighted by Gasteiger charge is 2.21. The van der Waals surface area contributed by atoms with E-state index in [0.29, 0.717) is 19.1 Å². The number of morpholine rings is 1. The number of nitrogens with one attached hydrogen (secondary N) is 1. The van der Waals surface area contributed by atoms with Crippen molar-refractivity contribution in [3.05, 3.63) is 48.0 Å². The van der Waals surface area contributed by atoms with Crippen LogP contribution in [-0.4, -0.2) is 30.4 Å². The summed E-state index contributed by atoms with van der Waals surface area (Å²) in [6.45, 7) is 3.53. The molecular weight excluding hydrogens is 250 g/mol. The molecule has 2 aromatic carbocycles. The molecule has 0 aromatic heterocycles. The number of aliphatic hydroxyl groups is 1. The summed E-state index contributed by atoms with van der Waals surface area (Å²) in [4.78, 5) is 0. The summed E-state index contributed by atoms with van der Waals surface area (Å²) in [5.41, 5.74) is 0.976. The Hall–Kier alpha value is -1.42. The standard InChI is InChI=1S/C17H21NO2/c1-12-10-20-11-16(18-12)9-17(19)15-7-6-13-4-2-3-5-14(13)8-15/h2-8,12,16-19H,9-11H2,1H3. The molecule has 3 nitrogen and oxygen atoms in total. The molecule has 0 radical (unpaired) electrons. The molecule has 1 saturated heterocycles. The lowest BCUT2D eigenvalue weighted by atomic mass is 9.98. The predicted octanol–water partition coefficient (Wildman–Crippen LogP) is 2.64. The fourth-order valence-electron chi connectivity index (χ4n) is 2.84. The van der Waals surface area contributed by atoms with Crippen LogP contribution in [0.3, 0.4) is 0 Å². The molecule has 3 heteroatoms. The number of rotatable bonds is 3. The lowest BCUT2D eigenvalue weighted by molar-refractivity contribution is 0.0304. The van der Waals surface area contributed by atoms with Gasteiger partial charge in [-0.25, -0.2) is 0 Å². The molecule has 0 spiro atoms. The first-order valence-electron chi connectivity index (χ1n) is 7.23. The minimum absolute atomic E-state index is 0.222. The van der Waals surface area contributed by atoms with Crippen molar-refractivity contribution >= 4 is 10.8 Å². The first-order valence-corrected chi connectivity index (χ1v) is 7.23. The highest BCUT2D eigenvalue weighted by Crippen LogP contribution is 2.24. The smallest absolute Gasteiger partial charge is 0.0806 e. The van der Waals surface area contributed by atoms with Gasteiger partial charge in [-0.2, -0.15) is 0 Å². The average Bonchev–Trinajstić information content (AvgIpc) is 2.47. The molecule has 20 heavy (non-hydrogen) atoms. The van der Waals surface area contributed by atoms with Crippen LogP contribution in [0.15, 0.2) is 42.5 Å². The molecule has 0 saturated carbocycles. The summed E-state index contributed by atoms with van der Waals surface area (Å²) in [7, 11) is 0. The molecule has 0 aliphatic carbocycles. The van der Waals surface area contributed by atoms with Crippen molar-refractivity contribution in [3.8, 4) is 0 Å². The fraction of sp³-hybridized carbons (Fsp3) is 0.412. The van der Waals surface area contributed by atoms with Crippen LogP contribution in [0.4, 0.5) is 0 Å². The van der Waals surface area contributed by atoms with Gasteiger partial charge in [-0.05, 0) is 35.7 Å². The molecule has 0 bridgehead atoms. The van der Waals surface area contributed by atoms with Crippen molar-refractivity contribution in [2.45, 2.75) is 31.5 Å². The van der Waals surface area contributed by atoms with E-state index < -0.39 is 6.10 Å². The third kappa shape index (κ3) is 3.01.